The van der Waals surface area contributed by atoms with Crippen LogP contribution in [0.1, 0.15) is 55.3 Å². The highest BCUT2D eigenvalue weighted by atomic mass is 16.4. The average Bonchev–Trinajstić information content (AvgIpc) is 2.89. The van der Waals surface area contributed by atoms with Gasteiger partial charge in [0.2, 0.25) is 0 Å². The van der Waals surface area contributed by atoms with E-state index in [4.69, 9.17) is 27.4 Å². The van der Waals surface area contributed by atoms with Gasteiger partial charge in [0.05, 0.1) is 6.54 Å². The molecule has 0 unspecified atom stereocenters. The molecule has 1 saturated carbocycles. The molecule has 2 aromatic rings. The smallest absolute Gasteiger partial charge is 0.320 e. The minimum atomic E-state index is -0.968. The Morgan fingerprint density at radius 2 is 1.43 bits per heavy atom. The monoisotopic (exact) mass is 488 g/mol. The Labute approximate surface area is 207 Å². The van der Waals surface area contributed by atoms with Gasteiger partial charge in [-0.1, -0.05) is 73.9 Å². The van der Waals surface area contributed by atoms with Crippen molar-refractivity contribution in [3.8, 4) is 11.1 Å². The Bertz CT molecular complexity index is 825. The van der Waals surface area contributed by atoms with Crippen LogP contribution in [0.4, 0.5) is 0 Å². The van der Waals surface area contributed by atoms with Crippen LogP contribution >= 0.6 is 0 Å². The predicted molar refractivity (Wildman–Crippen MR) is 139 cm³/mol. The van der Waals surface area contributed by atoms with E-state index in [0.717, 1.165) is 11.8 Å². The zero-order valence-electron chi connectivity index (χ0n) is 20.2. The van der Waals surface area contributed by atoms with Crippen molar-refractivity contribution in [2.24, 2.45) is 22.9 Å². The third kappa shape index (κ3) is 17.0. The van der Waals surface area contributed by atoms with E-state index in [2.05, 4.69) is 17.9 Å². The van der Waals surface area contributed by atoms with E-state index in [0.29, 0.717) is 31.0 Å². The summed E-state index contributed by atoms with van der Waals surface area (Å²) < 4.78 is 0. The number of nitrogens with two attached hydrogens (primary N) is 4. The molecule has 9 heteroatoms. The van der Waals surface area contributed by atoms with Gasteiger partial charge in [-0.3, -0.25) is 14.4 Å². The number of carboxylic acid groups (broad SMARTS) is 2. The lowest BCUT2D eigenvalue weighted by Crippen LogP contribution is -2.30. The van der Waals surface area contributed by atoms with E-state index >= 15 is 0 Å². The van der Waals surface area contributed by atoms with Crippen molar-refractivity contribution in [1.82, 2.24) is 0 Å². The molecule has 0 aromatic heterocycles. The molecule has 1 fully saturated rings. The van der Waals surface area contributed by atoms with Crippen LogP contribution in [0.3, 0.4) is 0 Å². The number of carbonyl (C=O) groups is 3. The van der Waals surface area contributed by atoms with Gasteiger partial charge in [-0.15, -0.1) is 0 Å². The number of aldehydes is 1. The largest absolute Gasteiger partial charge is 0.480 e. The van der Waals surface area contributed by atoms with E-state index in [1.165, 1.54) is 37.7 Å². The number of hydrogen-bond donors (Lipinski definition) is 6. The van der Waals surface area contributed by atoms with Crippen molar-refractivity contribution in [2.45, 2.75) is 57.0 Å². The summed E-state index contributed by atoms with van der Waals surface area (Å²) in [4.78, 5) is 29.7. The van der Waals surface area contributed by atoms with Gasteiger partial charge < -0.3 is 33.1 Å². The summed E-state index contributed by atoms with van der Waals surface area (Å²) in [6.07, 6.45) is 8.66. The van der Waals surface area contributed by atoms with Crippen LogP contribution in [0, 0.1) is 0 Å². The molecule has 3 rings (SSSR count). The molecule has 0 bridgehead atoms. The highest BCUT2D eigenvalue weighted by Crippen LogP contribution is 2.18. The first kappa shape index (κ1) is 31.9. The van der Waals surface area contributed by atoms with Gasteiger partial charge in [0.15, 0.2) is 0 Å². The molecule has 0 spiro atoms. The molecule has 0 amide bonds. The minimum absolute atomic E-state index is 0.278. The second kappa shape index (κ2) is 20.3. The Morgan fingerprint density at radius 1 is 0.914 bits per heavy atom. The summed E-state index contributed by atoms with van der Waals surface area (Å²) >= 11 is 0. The fraction of sp³-hybridized carbons (Fsp3) is 0.423. The average molecular weight is 489 g/mol. The van der Waals surface area contributed by atoms with Gasteiger partial charge in [0.25, 0.3) is 0 Å². The maximum Gasteiger partial charge on any atom is 0.320 e. The van der Waals surface area contributed by atoms with Gasteiger partial charge in [0, 0.05) is 11.6 Å². The number of carbonyl (C=O) groups excluding carboxylic acids is 1. The van der Waals surface area contributed by atoms with Crippen molar-refractivity contribution in [2.75, 3.05) is 13.1 Å². The number of hydrogen-bond acceptors (Lipinski definition) is 7. The second-order valence-electron chi connectivity index (χ2n) is 7.98. The SMILES string of the molecule is NC1CCCCC1.NCC(=O)O.NCCC[C@H](N)C(=O)O.O=Cc1ccc(-c2ccccc2)cc1. The normalized spacial score (nSPS) is 13.4. The van der Waals surface area contributed by atoms with E-state index in [1.54, 1.807) is 0 Å². The lowest BCUT2D eigenvalue weighted by atomic mass is 9.97. The minimum Gasteiger partial charge on any atom is -0.480 e. The molecular weight excluding hydrogens is 448 g/mol. The van der Waals surface area contributed by atoms with Crippen LogP contribution in [0.25, 0.3) is 11.1 Å². The van der Waals surface area contributed by atoms with Crippen LogP contribution in [-0.2, 0) is 9.59 Å². The van der Waals surface area contributed by atoms with Crippen molar-refractivity contribution in [1.29, 1.82) is 0 Å². The highest BCUT2D eigenvalue weighted by Gasteiger charge is 2.09. The van der Waals surface area contributed by atoms with Gasteiger partial charge in [0.1, 0.15) is 12.3 Å². The zero-order chi connectivity index (χ0) is 26.5. The molecule has 0 aliphatic heterocycles. The van der Waals surface area contributed by atoms with Crippen molar-refractivity contribution >= 4 is 18.2 Å². The van der Waals surface area contributed by atoms with Gasteiger partial charge in [-0.2, -0.15) is 0 Å². The third-order valence-electron chi connectivity index (χ3n) is 5.01. The predicted octanol–water partition coefficient (Wildman–Crippen LogP) is 2.61. The Balaban J connectivity index is 0.000000478. The van der Waals surface area contributed by atoms with Crippen LogP contribution in [-0.4, -0.2) is 53.6 Å². The first-order valence-electron chi connectivity index (χ1n) is 11.7. The lowest BCUT2D eigenvalue weighted by Gasteiger charge is -2.15. The summed E-state index contributed by atoms with van der Waals surface area (Å²) in [7, 11) is 0. The third-order valence-corrected chi connectivity index (χ3v) is 5.01. The summed E-state index contributed by atoms with van der Waals surface area (Å²) in [6, 6.07) is 17.5. The molecule has 194 valence electrons. The number of rotatable bonds is 7. The van der Waals surface area contributed by atoms with Gasteiger partial charge in [-0.25, -0.2) is 0 Å². The van der Waals surface area contributed by atoms with Gasteiger partial charge in [-0.05, 0) is 43.4 Å². The molecule has 0 radical (unpaired) electrons. The van der Waals surface area contributed by atoms with Crippen molar-refractivity contribution in [3.05, 3.63) is 60.2 Å². The molecule has 0 heterocycles. The van der Waals surface area contributed by atoms with Crippen LogP contribution in [0.2, 0.25) is 0 Å². The molecule has 2 aromatic carbocycles. The topological polar surface area (TPSA) is 196 Å². The fourth-order valence-corrected chi connectivity index (χ4v) is 2.98. The summed E-state index contributed by atoms with van der Waals surface area (Å²) in [5, 5.41) is 15.8. The lowest BCUT2D eigenvalue weighted by molar-refractivity contribution is -0.138. The quantitative estimate of drug-likeness (QED) is 0.317. The molecule has 9 nitrogen and oxygen atoms in total. The van der Waals surface area contributed by atoms with E-state index in [1.807, 2.05) is 42.5 Å². The molecule has 1 aliphatic carbocycles. The first-order chi connectivity index (χ1) is 16.7. The standard InChI is InChI=1S/C13H10O.C6H13N.C5H12N2O2.C2H5NO2/c14-10-11-6-8-13(9-7-11)12-4-2-1-3-5-12;7-6-4-2-1-3-5-6;6-3-1-2-4(7)5(8)9;3-1-2(4)5/h1-10H;6H,1-5,7H2;4H,1-3,6-7H2,(H,8,9);1,3H2,(H,4,5)/t;;4-;/m..0./s1. The fourth-order valence-electron chi connectivity index (χ4n) is 2.98. The Morgan fingerprint density at radius 3 is 1.80 bits per heavy atom. The first-order valence-corrected chi connectivity index (χ1v) is 11.7. The molecular formula is C26H40N4O5. The Hall–Kier alpha value is -3.11. The summed E-state index contributed by atoms with van der Waals surface area (Å²) in [5.41, 5.74) is 23.5. The number of benzene rings is 2. The van der Waals surface area contributed by atoms with Crippen molar-refractivity contribution < 1.29 is 24.6 Å². The molecule has 1 atom stereocenters. The summed E-state index contributed by atoms with van der Waals surface area (Å²) in [5.74, 6) is -1.92. The molecule has 0 saturated heterocycles. The second-order valence-corrected chi connectivity index (χ2v) is 7.98. The van der Waals surface area contributed by atoms with Crippen LogP contribution in [0.5, 0.6) is 0 Å². The highest BCUT2D eigenvalue weighted by molar-refractivity contribution is 5.76. The molecule has 35 heavy (non-hydrogen) atoms. The number of carboxylic acids is 2. The van der Waals surface area contributed by atoms with Crippen LogP contribution < -0.4 is 22.9 Å². The van der Waals surface area contributed by atoms with E-state index in [9.17, 15) is 14.4 Å². The zero-order valence-corrected chi connectivity index (χ0v) is 20.2. The van der Waals surface area contributed by atoms with Crippen LogP contribution in [0.15, 0.2) is 54.6 Å². The Kier molecular flexibility index (Phi) is 18.5. The van der Waals surface area contributed by atoms with E-state index in [-0.39, 0.29) is 6.54 Å². The summed E-state index contributed by atoms with van der Waals surface area (Å²) in [6.45, 7) is 0.223. The molecule has 10 N–H and O–H groups in total. The number of aliphatic carboxylic acids is 2. The van der Waals surface area contributed by atoms with E-state index < -0.39 is 18.0 Å². The van der Waals surface area contributed by atoms with Crippen molar-refractivity contribution in [3.63, 3.8) is 0 Å². The molecule has 1 aliphatic rings. The maximum atomic E-state index is 10.5. The maximum absolute atomic E-state index is 10.5. The van der Waals surface area contributed by atoms with Gasteiger partial charge >= 0.3 is 11.9 Å².